The lowest BCUT2D eigenvalue weighted by Gasteiger charge is -2.35. The van der Waals surface area contributed by atoms with Gasteiger partial charge >= 0.3 is 11.7 Å². The minimum absolute atomic E-state index is 0.207. The highest BCUT2D eigenvalue weighted by molar-refractivity contribution is 9.10. The van der Waals surface area contributed by atoms with Crippen LogP contribution in [0.5, 0.6) is 0 Å². The number of urea groups is 1. The molecule has 0 atom stereocenters. The zero-order valence-electron chi connectivity index (χ0n) is 20.3. The first-order chi connectivity index (χ1) is 17.7. The van der Waals surface area contributed by atoms with E-state index in [1.54, 1.807) is 36.2 Å². The number of imidazole rings is 1. The van der Waals surface area contributed by atoms with Crippen molar-refractivity contribution in [2.24, 2.45) is 14.1 Å². The van der Waals surface area contributed by atoms with Crippen LogP contribution in [0.4, 0.5) is 16.4 Å². The van der Waals surface area contributed by atoms with Gasteiger partial charge in [0.1, 0.15) is 0 Å². The summed E-state index contributed by atoms with van der Waals surface area (Å²) in [6.07, 6.45) is 0. The Hall–Kier alpha value is -3.57. The van der Waals surface area contributed by atoms with Crippen molar-refractivity contribution in [2.45, 2.75) is 6.54 Å². The van der Waals surface area contributed by atoms with Crippen LogP contribution in [0.15, 0.2) is 62.6 Å². The highest BCUT2D eigenvalue weighted by atomic mass is 79.9. The van der Waals surface area contributed by atoms with Gasteiger partial charge < -0.3 is 15.1 Å². The average molecular weight is 587 g/mol. The molecule has 4 aromatic rings. The normalized spacial score (nSPS) is 13.8. The van der Waals surface area contributed by atoms with Crippen molar-refractivity contribution in [2.75, 3.05) is 36.4 Å². The smallest absolute Gasteiger partial charge is 0.332 e. The van der Waals surface area contributed by atoms with Gasteiger partial charge in [-0.2, -0.15) is 4.98 Å². The topological polar surface area (TPSA) is 97.4 Å². The Morgan fingerprint density at radius 1 is 1.03 bits per heavy atom. The monoisotopic (exact) mass is 585 g/mol. The van der Waals surface area contributed by atoms with Crippen LogP contribution in [0, 0.1) is 0 Å². The quantitative estimate of drug-likeness (QED) is 0.396. The molecule has 37 heavy (non-hydrogen) atoms. The number of aromatic nitrogens is 4. The summed E-state index contributed by atoms with van der Waals surface area (Å²) in [5.74, 6) is 0.589. The number of anilines is 2. The number of aryl methyl sites for hydroxylation is 1. The molecule has 0 radical (unpaired) electrons. The van der Waals surface area contributed by atoms with Crippen molar-refractivity contribution in [1.82, 2.24) is 23.6 Å². The summed E-state index contributed by atoms with van der Waals surface area (Å²) in [5, 5.41) is 3.43. The molecule has 1 N–H and O–H groups in total. The highest BCUT2D eigenvalue weighted by Crippen LogP contribution is 2.24. The van der Waals surface area contributed by atoms with E-state index < -0.39 is 11.2 Å². The summed E-state index contributed by atoms with van der Waals surface area (Å²) < 4.78 is 5.32. The third-order valence-corrected chi connectivity index (χ3v) is 7.27. The van der Waals surface area contributed by atoms with E-state index in [9.17, 15) is 14.4 Å². The molecule has 1 saturated heterocycles. The van der Waals surface area contributed by atoms with Crippen LogP contribution >= 0.6 is 27.5 Å². The van der Waals surface area contributed by atoms with E-state index >= 15 is 0 Å². The van der Waals surface area contributed by atoms with Gasteiger partial charge in [0, 0.05) is 55.5 Å². The lowest BCUT2D eigenvalue weighted by atomic mass is 10.2. The summed E-state index contributed by atoms with van der Waals surface area (Å²) in [5.41, 5.74) is 1.49. The van der Waals surface area contributed by atoms with Gasteiger partial charge in [-0.3, -0.25) is 18.5 Å². The molecule has 3 heterocycles. The second kappa shape index (κ2) is 10.1. The highest BCUT2D eigenvalue weighted by Gasteiger charge is 2.27. The van der Waals surface area contributed by atoms with Crippen LogP contribution in [0.3, 0.4) is 0 Å². The Bertz CT molecular complexity index is 1600. The zero-order chi connectivity index (χ0) is 26.3. The molecule has 0 bridgehead atoms. The first-order valence-electron chi connectivity index (χ1n) is 11.7. The molecular formula is C25H25BrClN7O3. The third kappa shape index (κ3) is 4.88. The van der Waals surface area contributed by atoms with Gasteiger partial charge in [0.25, 0.3) is 5.56 Å². The first-order valence-corrected chi connectivity index (χ1v) is 12.9. The molecule has 0 spiro atoms. The van der Waals surface area contributed by atoms with Gasteiger partial charge in [0.2, 0.25) is 5.95 Å². The van der Waals surface area contributed by atoms with E-state index in [-0.39, 0.29) is 6.03 Å². The lowest BCUT2D eigenvalue weighted by Crippen LogP contribution is -2.50. The molecule has 0 aliphatic carbocycles. The summed E-state index contributed by atoms with van der Waals surface area (Å²) in [6.45, 7) is 2.36. The van der Waals surface area contributed by atoms with Gasteiger partial charge in [-0.1, -0.05) is 45.7 Å². The summed E-state index contributed by atoms with van der Waals surface area (Å²) in [7, 11) is 3.08. The first kappa shape index (κ1) is 25.1. The molecule has 1 fully saturated rings. The van der Waals surface area contributed by atoms with E-state index in [1.165, 1.54) is 11.6 Å². The minimum atomic E-state index is -0.431. The SMILES string of the molecule is Cn1c(=O)c2c(nc(N3CCN(C(=O)Nc4cccc(Cl)c4)CC3)n2Cc2ccc(Br)cc2)n(C)c1=O. The second-order valence-corrected chi connectivity index (χ2v) is 10.3. The molecule has 192 valence electrons. The van der Waals surface area contributed by atoms with E-state index in [0.717, 1.165) is 14.6 Å². The molecule has 1 aliphatic rings. The van der Waals surface area contributed by atoms with Crippen molar-refractivity contribution in [3.63, 3.8) is 0 Å². The summed E-state index contributed by atoms with van der Waals surface area (Å²) in [4.78, 5) is 47.1. The van der Waals surface area contributed by atoms with Crippen molar-refractivity contribution >= 4 is 56.4 Å². The van der Waals surface area contributed by atoms with Crippen LogP contribution in [-0.2, 0) is 20.6 Å². The standard InChI is InChI=1S/C25H25BrClN7O3/c1-30-21-20(22(35)31(2)25(30)37)34(15-16-6-8-17(26)9-7-16)23(29-21)32-10-12-33(13-11-32)24(36)28-19-5-3-4-18(27)14-19/h3-9,14H,10-13,15H2,1-2H3,(H,28,36). The number of fused-ring (bicyclic) bond motifs is 1. The van der Waals surface area contributed by atoms with Crippen LogP contribution < -0.4 is 21.5 Å². The van der Waals surface area contributed by atoms with E-state index in [0.29, 0.717) is 60.5 Å². The fraction of sp³-hybridized carbons (Fsp3) is 0.280. The number of hydrogen-bond acceptors (Lipinski definition) is 5. The molecule has 10 nitrogen and oxygen atoms in total. The van der Waals surface area contributed by atoms with E-state index in [4.69, 9.17) is 16.6 Å². The number of hydrogen-bond donors (Lipinski definition) is 1. The lowest BCUT2D eigenvalue weighted by molar-refractivity contribution is 0.208. The second-order valence-electron chi connectivity index (χ2n) is 8.92. The maximum atomic E-state index is 13.2. The van der Waals surface area contributed by atoms with E-state index in [2.05, 4.69) is 21.2 Å². The zero-order valence-corrected chi connectivity index (χ0v) is 22.7. The summed E-state index contributed by atoms with van der Waals surface area (Å²) in [6, 6.07) is 14.7. The van der Waals surface area contributed by atoms with Crippen LogP contribution in [0.25, 0.3) is 11.2 Å². The Morgan fingerprint density at radius 3 is 2.41 bits per heavy atom. The van der Waals surface area contributed by atoms with Crippen molar-refractivity contribution in [1.29, 1.82) is 0 Å². The number of carbonyl (C=O) groups is 1. The van der Waals surface area contributed by atoms with Gasteiger partial charge in [-0.25, -0.2) is 9.59 Å². The number of carbonyl (C=O) groups excluding carboxylic acids is 1. The fourth-order valence-electron chi connectivity index (χ4n) is 4.48. The Balaban J connectivity index is 1.45. The van der Waals surface area contributed by atoms with Gasteiger partial charge in [0.05, 0.1) is 6.54 Å². The number of piperazine rings is 1. The van der Waals surface area contributed by atoms with Crippen molar-refractivity contribution in [3.8, 4) is 0 Å². The molecule has 1 aliphatic heterocycles. The number of halogens is 2. The number of nitrogens with one attached hydrogen (secondary N) is 1. The Morgan fingerprint density at radius 2 is 1.73 bits per heavy atom. The molecule has 5 rings (SSSR count). The Kier molecular flexibility index (Phi) is 6.82. The molecule has 2 aromatic carbocycles. The van der Waals surface area contributed by atoms with Gasteiger partial charge in [-0.15, -0.1) is 0 Å². The molecule has 0 saturated carbocycles. The summed E-state index contributed by atoms with van der Waals surface area (Å²) >= 11 is 9.49. The van der Waals surface area contributed by atoms with Gasteiger partial charge in [-0.05, 0) is 35.9 Å². The van der Waals surface area contributed by atoms with Crippen LogP contribution in [-0.4, -0.2) is 55.8 Å². The predicted octanol–water partition coefficient (Wildman–Crippen LogP) is 3.25. The van der Waals surface area contributed by atoms with E-state index in [1.807, 2.05) is 33.7 Å². The predicted molar refractivity (Wildman–Crippen MR) is 148 cm³/mol. The molecule has 2 aromatic heterocycles. The molecule has 2 amide bonds. The van der Waals surface area contributed by atoms with Gasteiger partial charge in [0.15, 0.2) is 11.2 Å². The molecular weight excluding hydrogens is 562 g/mol. The van der Waals surface area contributed by atoms with Crippen molar-refractivity contribution in [3.05, 3.63) is 84.4 Å². The van der Waals surface area contributed by atoms with Crippen molar-refractivity contribution < 1.29 is 4.79 Å². The molecule has 12 heteroatoms. The van der Waals surface area contributed by atoms with Crippen LogP contribution in [0.2, 0.25) is 5.02 Å². The van der Waals surface area contributed by atoms with Crippen LogP contribution in [0.1, 0.15) is 5.56 Å². The number of nitrogens with zero attached hydrogens (tertiary/aromatic N) is 6. The largest absolute Gasteiger partial charge is 0.339 e. The maximum Gasteiger partial charge on any atom is 0.332 e. The Labute approximate surface area is 225 Å². The maximum absolute atomic E-state index is 13.2. The molecule has 0 unspecified atom stereocenters. The number of benzene rings is 2. The third-order valence-electron chi connectivity index (χ3n) is 6.51. The average Bonchev–Trinajstić information content (AvgIpc) is 3.27. The minimum Gasteiger partial charge on any atom is -0.339 e. The number of rotatable bonds is 4. The fourth-order valence-corrected chi connectivity index (χ4v) is 4.93. The number of amides is 2.